The van der Waals surface area contributed by atoms with Gasteiger partial charge in [-0.3, -0.25) is 0 Å². The van der Waals surface area contributed by atoms with Gasteiger partial charge in [0.15, 0.2) is 5.01 Å². The van der Waals surface area contributed by atoms with Gasteiger partial charge in [0, 0.05) is 5.39 Å². The number of rotatable bonds is 1. The van der Waals surface area contributed by atoms with Gasteiger partial charge >= 0.3 is 0 Å². The highest BCUT2D eigenvalue weighted by atomic mass is 32.1. The fraction of sp³-hybridized carbons (Fsp3) is 0. The van der Waals surface area contributed by atoms with Crippen LogP contribution in [0.1, 0.15) is 0 Å². The van der Waals surface area contributed by atoms with Gasteiger partial charge in [0.1, 0.15) is 12.0 Å². The van der Waals surface area contributed by atoms with Crippen LogP contribution >= 0.6 is 11.3 Å². The van der Waals surface area contributed by atoms with Gasteiger partial charge in [0.2, 0.25) is 4.96 Å². The molecule has 3 aromatic heterocycles. The molecule has 0 aliphatic heterocycles. The number of aromatic nitrogens is 5. The highest BCUT2D eigenvalue weighted by molar-refractivity contribution is 7.19. The molecule has 0 unspecified atom stereocenters. The summed E-state index contributed by atoms with van der Waals surface area (Å²) in [7, 11) is 0. The predicted molar refractivity (Wildman–Crippen MR) is 69.4 cm³/mol. The third kappa shape index (κ3) is 1.39. The van der Waals surface area contributed by atoms with Crippen molar-refractivity contribution in [3.05, 3.63) is 42.7 Å². The fourth-order valence-corrected chi connectivity index (χ4v) is 2.64. The molecule has 0 atom stereocenters. The van der Waals surface area contributed by atoms with Crippen LogP contribution in [0.5, 0.6) is 0 Å². The Balaban J connectivity index is 1.93. The van der Waals surface area contributed by atoms with E-state index in [0.717, 1.165) is 26.6 Å². The van der Waals surface area contributed by atoms with Gasteiger partial charge in [0.25, 0.3) is 0 Å². The molecule has 0 saturated carbocycles. The second-order valence-electron chi connectivity index (χ2n) is 3.85. The molecule has 0 saturated heterocycles. The average Bonchev–Trinajstić information content (AvgIpc) is 2.99. The number of hydrogen-bond donors (Lipinski definition) is 0. The molecule has 18 heavy (non-hydrogen) atoms. The molecule has 5 nitrogen and oxygen atoms in total. The Morgan fingerprint density at radius 2 is 2.00 bits per heavy atom. The molecule has 6 heteroatoms. The molecular weight excluding hydrogens is 246 g/mol. The number of para-hydroxylation sites is 1. The predicted octanol–water partition coefficient (Wildman–Crippen LogP) is 2.40. The molecule has 3 heterocycles. The summed E-state index contributed by atoms with van der Waals surface area (Å²) in [6.07, 6.45) is 1.59. The lowest BCUT2D eigenvalue weighted by molar-refractivity contribution is 0.957. The Morgan fingerprint density at radius 3 is 2.94 bits per heavy atom. The molecule has 0 N–H and O–H groups in total. The van der Waals surface area contributed by atoms with Crippen molar-refractivity contribution in [2.24, 2.45) is 0 Å². The first kappa shape index (κ1) is 9.67. The van der Waals surface area contributed by atoms with Crippen molar-refractivity contribution in [2.75, 3.05) is 0 Å². The molecule has 1 aromatic carbocycles. The zero-order chi connectivity index (χ0) is 11.9. The van der Waals surface area contributed by atoms with Crippen molar-refractivity contribution in [3.8, 4) is 10.7 Å². The maximum absolute atomic E-state index is 4.61. The summed E-state index contributed by atoms with van der Waals surface area (Å²) >= 11 is 1.48. The first-order valence-corrected chi connectivity index (χ1v) is 6.25. The fourth-order valence-electron chi connectivity index (χ4n) is 1.85. The van der Waals surface area contributed by atoms with E-state index in [1.807, 2.05) is 30.3 Å². The van der Waals surface area contributed by atoms with Crippen LogP contribution in [0.4, 0.5) is 0 Å². The van der Waals surface area contributed by atoms with Gasteiger partial charge in [-0.25, -0.2) is 4.98 Å². The third-order valence-electron chi connectivity index (χ3n) is 2.70. The van der Waals surface area contributed by atoms with Crippen molar-refractivity contribution < 1.29 is 0 Å². The van der Waals surface area contributed by atoms with Crippen molar-refractivity contribution in [1.29, 1.82) is 0 Å². The zero-order valence-corrected chi connectivity index (χ0v) is 10.0. The number of fused-ring (bicyclic) bond motifs is 2. The maximum atomic E-state index is 4.61. The molecular formula is C12H7N5S. The van der Waals surface area contributed by atoms with Crippen LogP contribution in [-0.4, -0.2) is 24.8 Å². The summed E-state index contributed by atoms with van der Waals surface area (Å²) in [5.41, 5.74) is 1.84. The van der Waals surface area contributed by atoms with E-state index in [9.17, 15) is 0 Å². The smallest absolute Gasteiger partial charge is 0.234 e. The zero-order valence-electron chi connectivity index (χ0n) is 9.19. The molecule has 0 spiro atoms. The van der Waals surface area contributed by atoms with Crippen LogP contribution in [0, 0.1) is 0 Å². The number of pyridine rings is 1. The van der Waals surface area contributed by atoms with E-state index in [4.69, 9.17) is 0 Å². The van der Waals surface area contributed by atoms with Gasteiger partial charge in [0.05, 0.1) is 5.52 Å². The van der Waals surface area contributed by atoms with Gasteiger partial charge in [-0.05, 0) is 12.1 Å². The lowest BCUT2D eigenvalue weighted by atomic mass is 10.2. The molecule has 0 aliphatic carbocycles. The van der Waals surface area contributed by atoms with Crippen LogP contribution < -0.4 is 0 Å². The SMILES string of the molecule is c1ccc2nc(-c3nn4cnnc4s3)ccc2c1. The van der Waals surface area contributed by atoms with Crippen molar-refractivity contribution in [1.82, 2.24) is 24.8 Å². The minimum Gasteiger partial charge on any atom is -0.245 e. The topological polar surface area (TPSA) is 56.0 Å². The molecule has 0 bridgehead atoms. The van der Waals surface area contributed by atoms with E-state index in [1.54, 1.807) is 10.8 Å². The molecule has 0 amide bonds. The van der Waals surface area contributed by atoms with E-state index in [2.05, 4.69) is 26.3 Å². The van der Waals surface area contributed by atoms with E-state index in [0.29, 0.717) is 0 Å². The lowest BCUT2D eigenvalue weighted by Gasteiger charge is -1.98. The minimum atomic E-state index is 0.778. The summed E-state index contributed by atoms with van der Waals surface area (Å²) in [5, 5.41) is 14.1. The Hall–Kier alpha value is -2.34. The molecule has 4 aromatic rings. The Labute approximate surface area is 106 Å². The van der Waals surface area contributed by atoms with Crippen LogP contribution in [0.2, 0.25) is 0 Å². The minimum absolute atomic E-state index is 0.778. The Morgan fingerprint density at radius 1 is 1.06 bits per heavy atom. The normalized spacial score (nSPS) is 11.3. The highest BCUT2D eigenvalue weighted by Crippen LogP contribution is 2.24. The molecule has 86 valence electrons. The van der Waals surface area contributed by atoms with Crippen LogP contribution in [0.25, 0.3) is 26.6 Å². The van der Waals surface area contributed by atoms with Crippen LogP contribution in [-0.2, 0) is 0 Å². The lowest BCUT2D eigenvalue weighted by Crippen LogP contribution is -1.86. The second kappa shape index (κ2) is 3.58. The highest BCUT2D eigenvalue weighted by Gasteiger charge is 2.09. The average molecular weight is 253 g/mol. The summed E-state index contributed by atoms with van der Waals surface area (Å²) in [6.45, 7) is 0. The number of hydrogen-bond acceptors (Lipinski definition) is 5. The second-order valence-corrected chi connectivity index (χ2v) is 4.81. The quantitative estimate of drug-likeness (QED) is 0.522. The van der Waals surface area contributed by atoms with Crippen LogP contribution in [0.15, 0.2) is 42.7 Å². The number of nitrogens with zero attached hydrogens (tertiary/aromatic N) is 5. The number of benzene rings is 1. The van der Waals surface area contributed by atoms with E-state index >= 15 is 0 Å². The maximum Gasteiger partial charge on any atom is 0.234 e. The molecule has 0 radical (unpaired) electrons. The van der Waals surface area contributed by atoms with E-state index < -0.39 is 0 Å². The van der Waals surface area contributed by atoms with E-state index in [1.165, 1.54) is 11.3 Å². The van der Waals surface area contributed by atoms with Gasteiger partial charge in [-0.15, -0.1) is 10.2 Å². The van der Waals surface area contributed by atoms with E-state index in [-0.39, 0.29) is 0 Å². The third-order valence-corrected chi connectivity index (χ3v) is 3.64. The van der Waals surface area contributed by atoms with Gasteiger partial charge in [-0.2, -0.15) is 9.61 Å². The molecule has 4 rings (SSSR count). The summed E-state index contributed by atoms with van der Waals surface area (Å²) in [4.78, 5) is 5.38. The molecule has 0 fully saturated rings. The van der Waals surface area contributed by atoms with Crippen molar-refractivity contribution in [2.45, 2.75) is 0 Å². The monoisotopic (exact) mass is 253 g/mol. The first-order valence-electron chi connectivity index (χ1n) is 5.43. The summed E-state index contributed by atoms with van der Waals surface area (Å²) in [5.74, 6) is 0. The van der Waals surface area contributed by atoms with Gasteiger partial charge in [-0.1, -0.05) is 35.6 Å². The van der Waals surface area contributed by atoms with Crippen LogP contribution in [0.3, 0.4) is 0 Å². The summed E-state index contributed by atoms with van der Waals surface area (Å²) in [6, 6.07) is 12.1. The standard InChI is InChI=1S/C12H7N5S/c1-2-4-9-8(3-1)5-6-10(14-9)11-16-17-7-13-15-12(17)18-11/h1-7H. The Kier molecular flexibility index (Phi) is 1.92. The molecule has 0 aliphatic rings. The van der Waals surface area contributed by atoms with Crippen molar-refractivity contribution in [3.63, 3.8) is 0 Å². The van der Waals surface area contributed by atoms with Gasteiger partial charge < -0.3 is 0 Å². The largest absolute Gasteiger partial charge is 0.245 e. The summed E-state index contributed by atoms with van der Waals surface area (Å²) < 4.78 is 1.66. The van der Waals surface area contributed by atoms with Crippen molar-refractivity contribution >= 4 is 27.2 Å². The Bertz CT molecular complexity index is 819. The first-order chi connectivity index (χ1) is 8.90.